The molecule has 2 aromatic carbocycles. The van der Waals surface area contributed by atoms with Crippen molar-refractivity contribution in [2.75, 3.05) is 22.1 Å². The van der Waals surface area contributed by atoms with Gasteiger partial charge in [0.1, 0.15) is 0 Å². The number of rotatable bonds is 6. The van der Waals surface area contributed by atoms with Crippen LogP contribution in [0.5, 0.6) is 0 Å². The van der Waals surface area contributed by atoms with Gasteiger partial charge in [-0.15, -0.1) is 11.8 Å². The van der Waals surface area contributed by atoms with Crippen LogP contribution in [0.3, 0.4) is 0 Å². The minimum Gasteiger partial charge on any atom is -0.325 e. The van der Waals surface area contributed by atoms with Crippen LogP contribution in [0, 0.1) is 6.92 Å². The fraction of sp³-hybridized carbons (Fsp3) is 0.176. The summed E-state index contributed by atoms with van der Waals surface area (Å²) in [4.78, 5) is 23.8. The van der Waals surface area contributed by atoms with E-state index in [1.54, 1.807) is 42.5 Å². The molecule has 0 aromatic heterocycles. The van der Waals surface area contributed by atoms with Crippen LogP contribution in [0.1, 0.15) is 5.56 Å². The van der Waals surface area contributed by atoms with Crippen LogP contribution in [0.4, 0.5) is 11.4 Å². The maximum atomic E-state index is 11.9. The smallest absolute Gasteiger partial charge is 0.234 e. The van der Waals surface area contributed by atoms with Crippen molar-refractivity contribution in [3.05, 3.63) is 58.1 Å². The van der Waals surface area contributed by atoms with Gasteiger partial charge in [-0.3, -0.25) is 9.59 Å². The first kappa shape index (κ1) is 18.6. The molecule has 4 nitrogen and oxygen atoms in total. The van der Waals surface area contributed by atoms with Crippen LogP contribution in [-0.4, -0.2) is 23.3 Å². The molecule has 0 unspecified atom stereocenters. The third-order valence-electron chi connectivity index (χ3n) is 3.14. The Morgan fingerprint density at radius 3 is 2.25 bits per heavy atom. The molecule has 7 heteroatoms. The Hall–Kier alpha value is -1.69. The number of nitrogens with one attached hydrogen (secondary N) is 2. The fourth-order valence-electron chi connectivity index (χ4n) is 1.90. The zero-order chi connectivity index (χ0) is 17.5. The van der Waals surface area contributed by atoms with Crippen LogP contribution in [0.15, 0.2) is 42.5 Å². The van der Waals surface area contributed by atoms with Crippen molar-refractivity contribution in [1.82, 2.24) is 0 Å². The van der Waals surface area contributed by atoms with Crippen molar-refractivity contribution >= 4 is 58.2 Å². The molecule has 0 aliphatic heterocycles. The molecule has 0 bridgehead atoms. The minimum atomic E-state index is -0.176. The van der Waals surface area contributed by atoms with Crippen molar-refractivity contribution in [3.63, 3.8) is 0 Å². The van der Waals surface area contributed by atoms with E-state index in [1.165, 1.54) is 11.8 Å². The van der Waals surface area contributed by atoms with Crippen LogP contribution < -0.4 is 10.6 Å². The average Bonchev–Trinajstić information content (AvgIpc) is 2.54. The molecule has 0 heterocycles. The van der Waals surface area contributed by atoms with E-state index in [9.17, 15) is 9.59 Å². The Labute approximate surface area is 154 Å². The second-order valence-electron chi connectivity index (χ2n) is 5.01. The summed E-state index contributed by atoms with van der Waals surface area (Å²) < 4.78 is 0. The summed E-state index contributed by atoms with van der Waals surface area (Å²) in [6.07, 6.45) is 0. The van der Waals surface area contributed by atoms with Crippen LogP contribution in [0.2, 0.25) is 10.0 Å². The lowest BCUT2D eigenvalue weighted by Gasteiger charge is -2.09. The lowest BCUT2D eigenvalue weighted by atomic mass is 10.2. The highest BCUT2D eigenvalue weighted by molar-refractivity contribution is 8.00. The summed E-state index contributed by atoms with van der Waals surface area (Å²) in [5, 5.41) is 6.74. The number of halogens is 2. The molecule has 0 radical (unpaired) electrons. The molecule has 0 spiro atoms. The first-order valence-corrected chi connectivity index (χ1v) is 9.05. The summed E-state index contributed by atoms with van der Waals surface area (Å²) in [6.45, 7) is 1.84. The number of amides is 2. The van der Waals surface area contributed by atoms with Gasteiger partial charge < -0.3 is 10.6 Å². The Morgan fingerprint density at radius 1 is 0.958 bits per heavy atom. The summed E-state index contributed by atoms with van der Waals surface area (Å²) in [5.74, 6) is 0.0172. The van der Waals surface area contributed by atoms with Crippen LogP contribution in [0.25, 0.3) is 0 Å². The maximum Gasteiger partial charge on any atom is 0.234 e. The van der Waals surface area contributed by atoms with Gasteiger partial charge in [-0.2, -0.15) is 0 Å². The molecular weight excluding hydrogens is 367 g/mol. The SMILES string of the molecule is Cc1c(Cl)cccc1NC(=O)CSCC(=O)Nc1ccc(Cl)cc1. The molecule has 0 saturated carbocycles. The number of carbonyl (C=O) groups is 2. The van der Waals surface area contributed by atoms with Crippen LogP contribution >= 0.6 is 35.0 Å². The summed E-state index contributed by atoms with van der Waals surface area (Å²) in [5.41, 5.74) is 2.17. The Kier molecular flexibility index (Phi) is 6.97. The van der Waals surface area contributed by atoms with Crippen LogP contribution in [-0.2, 0) is 9.59 Å². The van der Waals surface area contributed by atoms with Crippen molar-refractivity contribution in [1.29, 1.82) is 0 Å². The van der Waals surface area contributed by atoms with Gasteiger partial charge in [-0.25, -0.2) is 0 Å². The van der Waals surface area contributed by atoms with Crippen molar-refractivity contribution in [2.24, 2.45) is 0 Å². The predicted molar refractivity (Wildman–Crippen MR) is 102 cm³/mol. The lowest BCUT2D eigenvalue weighted by Crippen LogP contribution is -2.18. The molecule has 126 valence electrons. The number of hydrogen-bond donors (Lipinski definition) is 2. The summed E-state index contributed by atoms with van der Waals surface area (Å²) >= 11 is 13.0. The zero-order valence-corrected chi connectivity index (χ0v) is 15.3. The third-order valence-corrected chi connectivity index (χ3v) is 4.73. The highest BCUT2D eigenvalue weighted by atomic mass is 35.5. The standard InChI is InChI=1S/C17H16Cl2N2O2S/c1-11-14(19)3-2-4-15(11)21-17(23)10-24-9-16(22)20-13-7-5-12(18)6-8-13/h2-8H,9-10H2,1H3,(H,20,22)(H,21,23). The number of hydrogen-bond acceptors (Lipinski definition) is 3. The molecule has 24 heavy (non-hydrogen) atoms. The van der Waals surface area contributed by atoms with Gasteiger partial charge in [0.05, 0.1) is 11.5 Å². The number of benzene rings is 2. The molecular formula is C17H16Cl2N2O2S. The van der Waals surface area contributed by atoms with E-state index in [-0.39, 0.29) is 23.3 Å². The molecule has 0 atom stereocenters. The van der Waals surface area contributed by atoms with Gasteiger partial charge in [0, 0.05) is 21.4 Å². The third kappa shape index (κ3) is 5.74. The zero-order valence-electron chi connectivity index (χ0n) is 12.9. The van der Waals surface area contributed by atoms with Gasteiger partial charge in [0.2, 0.25) is 11.8 Å². The van der Waals surface area contributed by atoms with E-state index < -0.39 is 0 Å². The summed E-state index contributed by atoms with van der Waals surface area (Å²) in [7, 11) is 0. The number of thioether (sulfide) groups is 1. The minimum absolute atomic E-state index is 0.172. The van der Waals surface area contributed by atoms with E-state index in [1.807, 2.05) is 6.92 Å². The largest absolute Gasteiger partial charge is 0.325 e. The van der Waals surface area contributed by atoms with Crippen molar-refractivity contribution < 1.29 is 9.59 Å². The number of anilines is 2. The Bertz CT molecular complexity index is 736. The molecule has 2 aromatic rings. The molecule has 0 fully saturated rings. The van der Waals surface area contributed by atoms with Gasteiger partial charge >= 0.3 is 0 Å². The fourth-order valence-corrected chi connectivity index (χ4v) is 2.81. The maximum absolute atomic E-state index is 11.9. The van der Waals surface area contributed by atoms with Gasteiger partial charge in [0.15, 0.2) is 0 Å². The van der Waals surface area contributed by atoms with E-state index in [0.717, 1.165) is 5.56 Å². The normalized spacial score (nSPS) is 10.3. The quantitative estimate of drug-likeness (QED) is 0.766. The molecule has 0 saturated heterocycles. The highest BCUT2D eigenvalue weighted by Gasteiger charge is 2.09. The monoisotopic (exact) mass is 382 g/mol. The van der Waals surface area contributed by atoms with Gasteiger partial charge in [-0.05, 0) is 48.9 Å². The summed E-state index contributed by atoms with van der Waals surface area (Å²) in [6, 6.07) is 12.2. The van der Waals surface area contributed by atoms with Gasteiger partial charge in [-0.1, -0.05) is 29.3 Å². The molecule has 2 rings (SSSR count). The molecule has 0 aliphatic rings. The molecule has 2 amide bonds. The van der Waals surface area contributed by atoms with E-state index >= 15 is 0 Å². The second-order valence-corrected chi connectivity index (χ2v) is 6.84. The topological polar surface area (TPSA) is 58.2 Å². The van der Waals surface area contributed by atoms with E-state index in [4.69, 9.17) is 23.2 Å². The van der Waals surface area contributed by atoms with E-state index in [2.05, 4.69) is 10.6 Å². The van der Waals surface area contributed by atoms with Crippen molar-refractivity contribution in [3.8, 4) is 0 Å². The number of carbonyl (C=O) groups excluding carboxylic acids is 2. The first-order valence-electron chi connectivity index (χ1n) is 7.14. The van der Waals surface area contributed by atoms with E-state index in [0.29, 0.717) is 21.4 Å². The molecule has 0 aliphatic carbocycles. The average molecular weight is 383 g/mol. The Morgan fingerprint density at radius 2 is 1.58 bits per heavy atom. The molecule has 2 N–H and O–H groups in total. The second kappa shape index (κ2) is 8.97. The lowest BCUT2D eigenvalue weighted by molar-refractivity contribution is -0.114. The predicted octanol–water partition coefficient (Wildman–Crippen LogP) is 4.61. The Balaban J connectivity index is 1.75. The van der Waals surface area contributed by atoms with Gasteiger partial charge in [0.25, 0.3) is 0 Å². The first-order chi connectivity index (χ1) is 11.5. The van der Waals surface area contributed by atoms with Crippen molar-refractivity contribution in [2.45, 2.75) is 6.92 Å². The highest BCUT2D eigenvalue weighted by Crippen LogP contribution is 2.23.